The number of likely N-dealkylation sites (N-methyl/N-ethyl adjacent to an activating group) is 1. The van der Waals surface area contributed by atoms with Crippen LogP contribution in [0.25, 0.3) is 0 Å². The lowest BCUT2D eigenvalue weighted by Crippen LogP contribution is -2.20. The molecule has 1 amide bonds. The lowest BCUT2D eigenvalue weighted by molar-refractivity contribution is -0.115. The molecule has 0 aliphatic carbocycles. The summed E-state index contributed by atoms with van der Waals surface area (Å²) >= 11 is 0. The van der Waals surface area contributed by atoms with Gasteiger partial charge < -0.3 is 19.7 Å². The molecular weight excluding hydrogens is 366 g/mol. The number of ether oxygens (including phenoxy) is 2. The molecule has 6 heteroatoms. The summed E-state index contributed by atoms with van der Waals surface area (Å²) in [4.78, 5) is 19.7. The van der Waals surface area contributed by atoms with Crippen LogP contribution in [0.15, 0.2) is 41.4 Å². The summed E-state index contributed by atoms with van der Waals surface area (Å²) in [6.45, 7) is 3.03. The van der Waals surface area contributed by atoms with Crippen LogP contribution in [0.3, 0.4) is 0 Å². The van der Waals surface area contributed by atoms with E-state index in [-0.39, 0.29) is 5.91 Å². The van der Waals surface area contributed by atoms with Crippen molar-refractivity contribution in [1.82, 2.24) is 4.90 Å². The number of carbonyl (C=O) groups excluding carboxylic acids is 1. The van der Waals surface area contributed by atoms with E-state index >= 15 is 0 Å². The van der Waals surface area contributed by atoms with Crippen molar-refractivity contribution in [2.24, 2.45) is 4.99 Å². The Hall–Kier alpha value is -2.86. The number of nitrogens with one attached hydrogen (secondary N) is 1. The average Bonchev–Trinajstić information content (AvgIpc) is 3.04. The summed E-state index contributed by atoms with van der Waals surface area (Å²) < 4.78 is 10.8. The highest BCUT2D eigenvalue weighted by atomic mass is 16.5. The Kier molecular flexibility index (Phi) is 6.54. The molecule has 2 aromatic carbocycles. The largest absolute Gasteiger partial charge is 0.493 e. The maximum atomic E-state index is 12.7. The predicted molar refractivity (Wildman–Crippen MR) is 117 cm³/mol. The Morgan fingerprint density at radius 2 is 1.76 bits per heavy atom. The molecule has 154 valence electrons. The topological polar surface area (TPSA) is 63.2 Å². The van der Waals surface area contributed by atoms with Gasteiger partial charge in [0.05, 0.1) is 19.9 Å². The maximum absolute atomic E-state index is 12.7. The Labute approximate surface area is 172 Å². The molecule has 2 aromatic rings. The molecule has 1 heterocycles. The summed E-state index contributed by atoms with van der Waals surface area (Å²) in [5.41, 5.74) is 4.58. The lowest BCUT2D eigenvalue weighted by atomic mass is 9.93. The van der Waals surface area contributed by atoms with E-state index in [2.05, 4.69) is 36.4 Å². The van der Waals surface area contributed by atoms with Gasteiger partial charge in [-0.15, -0.1) is 0 Å². The van der Waals surface area contributed by atoms with Crippen molar-refractivity contribution in [1.29, 1.82) is 0 Å². The van der Waals surface area contributed by atoms with Gasteiger partial charge in [-0.1, -0.05) is 19.1 Å². The number of carbonyl (C=O) groups is 1. The van der Waals surface area contributed by atoms with Crippen LogP contribution in [0.5, 0.6) is 11.5 Å². The zero-order chi connectivity index (χ0) is 21.0. The molecule has 1 aliphatic rings. The number of fused-ring (bicyclic) bond motifs is 1. The predicted octanol–water partition coefficient (Wildman–Crippen LogP) is 4.03. The Morgan fingerprint density at radius 1 is 1.10 bits per heavy atom. The highest BCUT2D eigenvalue weighted by Crippen LogP contribution is 2.42. The van der Waals surface area contributed by atoms with Gasteiger partial charge in [0.25, 0.3) is 0 Å². The second kappa shape index (κ2) is 9.09. The van der Waals surface area contributed by atoms with Gasteiger partial charge in [-0.25, -0.2) is 0 Å². The van der Waals surface area contributed by atoms with Crippen molar-refractivity contribution >= 4 is 23.0 Å². The number of anilines is 1. The molecule has 6 nitrogen and oxygen atoms in total. The van der Waals surface area contributed by atoms with Crippen LogP contribution < -0.4 is 14.8 Å². The second-order valence-electron chi connectivity index (χ2n) is 7.39. The first-order valence-corrected chi connectivity index (χ1v) is 9.84. The van der Waals surface area contributed by atoms with Crippen molar-refractivity contribution in [3.05, 3.63) is 47.5 Å². The van der Waals surface area contributed by atoms with Gasteiger partial charge >= 0.3 is 0 Å². The Balaban J connectivity index is 1.90. The van der Waals surface area contributed by atoms with Gasteiger partial charge in [-0.3, -0.25) is 9.79 Å². The third-order valence-electron chi connectivity index (χ3n) is 5.14. The molecule has 0 saturated carbocycles. The van der Waals surface area contributed by atoms with E-state index in [1.165, 1.54) is 5.56 Å². The quantitative estimate of drug-likeness (QED) is 0.686. The van der Waals surface area contributed by atoms with Crippen LogP contribution in [0.1, 0.15) is 30.4 Å². The molecule has 1 N–H and O–H groups in total. The van der Waals surface area contributed by atoms with Crippen LogP contribution >= 0.6 is 0 Å². The number of amides is 1. The number of hydrogen-bond donors (Lipinski definition) is 1. The number of aliphatic imine (C=N–C) groups is 1. The first-order chi connectivity index (χ1) is 14.0. The van der Waals surface area contributed by atoms with Crippen molar-refractivity contribution in [3.8, 4) is 11.5 Å². The van der Waals surface area contributed by atoms with E-state index in [9.17, 15) is 4.79 Å². The zero-order valence-electron chi connectivity index (χ0n) is 17.8. The van der Waals surface area contributed by atoms with Gasteiger partial charge in [0.1, 0.15) is 5.92 Å². The fourth-order valence-electron chi connectivity index (χ4n) is 3.52. The number of nitrogens with zero attached hydrogens (tertiary/aromatic N) is 2. The SMILES string of the molecule is CCC(=Nc1ccc(CCN(C)C)cc1)C1C(=O)Nc2cc(OC)c(OC)cc21. The van der Waals surface area contributed by atoms with Gasteiger partial charge in [-0.05, 0) is 56.3 Å². The highest BCUT2D eigenvalue weighted by molar-refractivity contribution is 6.19. The van der Waals surface area contributed by atoms with E-state index in [1.54, 1.807) is 20.3 Å². The van der Waals surface area contributed by atoms with Gasteiger partial charge in [0.2, 0.25) is 5.91 Å². The van der Waals surface area contributed by atoms with E-state index < -0.39 is 5.92 Å². The number of benzene rings is 2. The molecule has 3 rings (SSSR count). The summed E-state index contributed by atoms with van der Waals surface area (Å²) in [7, 11) is 7.32. The summed E-state index contributed by atoms with van der Waals surface area (Å²) in [5, 5.41) is 2.95. The minimum atomic E-state index is -0.428. The molecule has 0 spiro atoms. The van der Waals surface area contributed by atoms with Crippen molar-refractivity contribution in [3.63, 3.8) is 0 Å². The van der Waals surface area contributed by atoms with E-state index in [0.29, 0.717) is 17.9 Å². The number of methoxy groups -OCH3 is 2. The number of hydrogen-bond acceptors (Lipinski definition) is 5. The first kappa shape index (κ1) is 20.9. The molecule has 0 radical (unpaired) electrons. The van der Waals surface area contributed by atoms with E-state index in [4.69, 9.17) is 14.5 Å². The monoisotopic (exact) mass is 395 g/mol. The first-order valence-electron chi connectivity index (χ1n) is 9.84. The Bertz CT molecular complexity index is 904. The van der Waals surface area contributed by atoms with Crippen molar-refractivity contribution < 1.29 is 14.3 Å². The molecule has 0 bridgehead atoms. The van der Waals surface area contributed by atoms with E-state index in [1.807, 2.05) is 25.1 Å². The molecule has 0 saturated heterocycles. The van der Waals surface area contributed by atoms with Crippen molar-refractivity contribution in [2.45, 2.75) is 25.7 Å². The Morgan fingerprint density at radius 3 is 2.34 bits per heavy atom. The van der Waals surface area contributed by atoms with Gasteiger partial charge in [-0.2, -0.15) is 0 Å². The fourth-order valence-corrected chi connectivity index (χ4v) is 3.52. The van der Waals surface area contributed by atoms with Crippen molar-refractivity contribution in [2.75, 3.05) is 40.2 Å². The van der Waals surface area contributed by atoms with Gasteiger partial charge in [0, 0.05) is 24.0 Å². The summed E-state index contributed by atoms with van der Waals surface area (Å²) in [6.07, 6.45) is 1.67. The van der Waals surface area contributed by atoms with Crippen LogP contribution in [-0.2, 0) is 11.2 Å². The minimum absolute atomic E-state index is 0.0708. The van der Waals surface area contributed by atoms with Gasteiger partial charge in [0.15, 0.2) is 11.5 Å². The normalized spacial score (nSPS) is 16.0. The van der Waals surface area contributed by atoms with E-state index in [0.717, 1.165) is 35.6 Å². The minimum Gasteiger partial charge on any atom is -0.493 e. The summed E-state index contributed by atoms with van der Waals surface area (Å²) in [5.74, 6) is 0.700. The molecular formula is C23H29N3O3. The third kappa shape index (κ3) is 4.59. The van der Waals surface area contributed by atoms with Crippen LogP contribution in [0, 0.1) is 0 Å². The molecule has 1 atom stereocenters. The maximum Gasteiger partial charge on any atom is 0.237 e. The zero-order valence-corrected chi connectivity index (χ0v) is 17.8. The molecule has 0 aromatic heterocycles. The smallest absolute Gasteiger partial charge is 0.237 e. The number of rotatable bonds is 8. The van der Waals surface area contributed by atoms with Crippen LogP contribution in [-0.4, -0.2) is 51.4 Å². The second-order valence-corrected chi connectivity index (χ2v) is 7.39. The molecule has 29 heavy (non-hydrogen) atoms. The van der Waals surface area contributed by atoms with Crippen LogP contribution in [0.2, 0.25) is 0 Å². The average molecular weight is 396 g/mol. The van der Waals surface area contributed by atoms with Crippen LogP contribution in [0.4, 0.5) is 11.4 Å². The third-order valence-corrected chi connectivity index (χ3v) is 5.14. The molecule has 1 unspecified atom stereocenters. The fraction of sp³-hybridized carbons (Fsp3) is 0.391. The standard InChI is InChI=1S/C23H29N3O3/c1-6-18(24-16-9-7-15(8-10-16)11-12-26(2)3)22-17-13-20(28-4)21(29-5)14-19(17)25-23(22)27/h7-10,13-14,22H,6,11-12H2,1-5H3,(H,25,27). The molecule has 0 fully saturated rings. The lowest BCUT2D eigenvalue weighted by Gasteiger charge is -2.14. The molecule has 1 aliphatic heterocycles. The summed E-state index contributed by atoms with van der Waals surface area (Å²) in [6, 6.07) is 11.9. The highest BCUT2D eigenvalue weighted by Gasteiger charge is 2.35.